The summed E-state index contributed by atoms with van der Waals surface area (Å²) in [5, 5.41) is 0.677. The van der Waals surface area contributed by atoms with Crippen LogP contribution in [0.25, 0.3) is 16.7 Å². The molecule has 2 aromatic carbocycles. The summed E-state index contributed by atoms with van der Waals surface area (Å²) in [6.07, 6.45) is 0. The Morgan fingerprint density at radius 3 is 2.63 bits per heavy atom. The normalized spacial score (nSPS) is 11.1. The lowest BCUT2D eigenvalue weighted by Gasteiger charge is -2.06. The van der Waals surface area contributed by atoms with Gasteiger partial charge in [-0.25, -0.2) is 0 Å². The number of imidazole rings is 1. The van der Waals surface area contributed by atoms with Crippen molar-refractivity contribution in [3.05, 3.63) is 55.1 Å². The number of aromatic amines is 1. The second kappa shape index (κ2) is 5.05. The minimum absolute atomic E-state index is 0.655. The van der Waals surface area contributed by atoms with E-state index < -0.39 is 0 Å². The highest BCUT2D eigenvalue weighted by molar-refractivity contribution is 9.10. The molecular weight excluding hydrogens is 411 g/mol. The van der Waals surface area contributed by atoms with Crippen molar-refractivity contribution in [3.8, 4) is 5.69 Å². The lowest BCUT2D eigenvalue weighted by atomic mass is 10.3. The van der Waals surface area contributed by atoms with Crippen LogP contribution in [0.4, 0.5) is 0 Å². The molecule has 0 saturated carbocycles. The SMILES string of the molecule is S=c1[nH]c2ccc(Br)cc2n1-c1ccc(Cl)c(Br)c1. The van der Waals surface area contributed by atoms with Gasteiger partial charge >= 0.3 is 0 Å². The third-order valence-corrected chi connectivity index (χ3v) is 4.80. The van der Waals surface area contributed by atoms with Crippen molar-refractivity contribution in [3.63, 3.8) is 0 Å². The van der Waals surface area contributed by atoms with Gasteiger partial charge in [0.25, 0.3) is 0 Å². The van der Waals surface area contributed by atoms with Crippen molar-refractivity contribution in [1.82, 2.24) is 9.55 Å². The highest BCUT2D eigenvalue weighted by Gasteiger charge is 2.08. The molecule has 0 aliphatic carbocycles. The van der Waals surface area contributed by atoms with Crippen LogP contribution >= 0.6 is 55.7 Å². The molecule has 19 heavy (non-hydrogen) atoms. The number of halogens is 3. The average molecular weight is 419 g/mol. The van der Waals surface area contributed by atoms with E-state index >= 15 is 0 Å². The van der Waals surface area contributed by atoms with E-state index in [-0.39, 0.29) is 0 Å². The molecule has 0 spiro atoms. The quantitative estimate of drug-likeness (QED) is 0.491. The van der Waals surface area contributed by atoms with Gasteiger partial charge in [-0.2, -0.15) is 0 Å². The first-order valence-corrected chi connectivity index (χ1v) is 7.79. The predicted molar refractivity (Wildman–Crippen MR) is 88.9 cm³/mol. The Labute approximate surface area is 136 Å². The van der Waals surface area contributed by atoms with E-state index in [2.05, 4.69) is 36.8 Å². The summed E-state index contributed by atoms with van der Waals surface area (Å²) in [6.45, 7) is 0. The molecule has 0 aliphatic heterocycles. The summed E-state index contributed by atoms with van der Waals surface area (Å²) < 4.78 is 4.49. The van der Waals surface area contributed by atoms with Gasteiger partial charge in [-0.1, -0.05) is 27.5 Å². The zero-order valence-electron chi connectivity index (χ0n) is 9.45. The van der Waals surface area contributed by atoms with Crippen LogP contribution in [0.1, 0.15) is 0 Å². The molecule has 0 aliphatic rings. The van der Waals surface area contributed by atoms with Crippen LogP contribution in [-0.2, 0) is 0 Å². The van der Waals surface area contributed by atoms with Gasteiger partial charge in [0.1, 0.15) is 0 Å². The lowest BCUT2D eigenvalue weighted by molar-refractivity contribution is 1.06. The number of aromatic nitrogens is 2. The van der Waals surface area contributed by atoms with Crippen molar-refractivity contribution in [2.24, 2.45) is 0 Å². The molecule has 0 atom stereocenters. The Morgan fingerprint density at radius 2 is 1.89 bits per heavy atom. The van der Waals surface area contributed by atoms with Crippen LogP contribution in [0.15, 0.2) is 45.3 Å². The van der Waals surface area contributed by atoms with E-state index in [1.165, 1.54) is 0 Å². The highest BCUT2D eigenvalue weighted by atomic mass is 79.9. The fourth-order valence-corrected chi connectivity index (χ4v) is 3.10. The molecule has 0 amide bonds. The monoisotopic (exact) mass is 416 g/mol. The molecule has 1 aromatic heterocycles. The predicted octanol–water partition coefficient (Wildman–Crippen LogP) is 5.87. The molecule has 1 heterocycles. The summed E-state index contributed by atoms with van der Waals surface area (Å²) in [7, 11) is 0. The Bertz CT molecular complexity index is 838. The number of hydrogen-bond donors (Lipinski definition) is 1. The topological polar surface area (TPSA) is 20.7 Å². The highest BCUT2D eigenvalue weighted by Crippen LogP contribution is 2.28. The first-order chi connectivity index (χ1) is 9.06. The summed E-state index contributed by atoms with van der Waals surface area (Å²) >= 11 is 18.3. The van der Waals surface area contributed by atoms with E-state index in [1.807, 2.05) is 41.0 Å². The van der Waals surface area contributed by atoms with Crippen molar-refractivity contribution in [2.75, 3.05) is 0 Å². The molecule has 0 bridgehead atoms. The van der Waals surface area contributed by atoms with Gasteiger partial charge in [0.15, 0.2) is 4.77 Å². The van der Waals surface area contributed by atoms with Gasteiger partial charge in [0.2, 0.25) is 0 Å². The molecule has 2 nitrogen and oxygen atoms in total. The van der Waals surface area contributed by atoms with E-state index in [0.29, 0.717) is 9.79 Å². The van der Waals surface area contributed by atoms with E-state index in [4.69, 9.17) is 23.8 Å². The van der Waals surface area contributed by atoms with Crippen LogP contribution in [0, 0.1) is 4.77 Å². The molecule has 0 radical (unpaired) electrons. The lowest BCUT2D eigenvalue weighted by Crippen LogP contribution is -1.93. The fraction of sp³-hybridized carbons (Fsp3) is 0. The van der Waals surface area contributed by atoms with Crippen LogP contribution in [0.2, 0.25) is 5.02 Å². The first kappa shape index (κ1) is 13.4. The zero-order chi connectivity index (χ0) is 13.6. The summed E-state index contributed by atoms with van der Waals surface area (Å²) in [5.74, 6) is 0. The number of rotatable bonds is 1. The molecule has 1 N–H and O–H groups in total. The first-order valence-electron chi connectivity index (χ1n) is 5.42. The second-order valence-corrected chi connectivity index (χ2v) is 6.59. The minimum atomic E-state index is 0.655. The van der Waals surface area contributed by atoms with Gasteiger partial charge in [-0.15, -0.1) is 0 Å². The summed E-state index contributed by atoms with van der Waals surface area (Å²) in [5.41, 5.74) is 2.98. The maximum Gasteiger partial charge on any atom is 0.182 e. The number of nitrogens with zero attached hydrogens (tertiary/aromatic N) is 1. The fourth-order valence-electron chi connectivity index (χ4n) is 1.96. The largest absolute Gasteiger partial charge is 0.330 e. The van der Waals surface area contributed by atoms with Crippen LogP contribution < -0.4 is 0 Å². The maximum atomic E-state index is 6.03. The zero-order valence-corrected chi connectivity index (χ0v) is 14.2. The van der Waals surface area contributed by atoms with E-state index in [0.717, 1.165) is 25.7 Å². The third-order valence-electron chi connectivity index (χ3n) is 2.81. The Morgan fingerprint density at radius 1 is 1.11 bits per heavy atom. The number of hydrogen-bond acceptors (Lipinski definition) is 1. The molecule has 6 heteroatoms. The number of benzene rings is 2. The smallest absolute Gasteiger partial charge is 0.182 e. The third kappa shape index (κ3) is 2.40. The van der Waals surface area contributed by atoms with Gasteiger partial charge in [-0.3, -0.25) is 4.57 Å². The van der Waals surface area contributed by atoms with E-state index in [1.54, 1.807) is 0 Å². The molecular formula is C13H7Br2ClN2S. The molecule has 0 saturated heterocycles. The van der Waals surface area contributed by atoms with Crippen molar-refractivity contribution >= 4 is 66.7 Å². The standard InChI is InChI=1S/C13H7Br2ClN2S/c14-7-1-4-11-12(5-7)18(13(19)17-11)8-2-3-10(16)9(15)6-8/h1-6H,(H,17,19). The average Bonchev–Trinajstić information content (AvgIpc) is 2.68. The van der Waals surface area contributed by atoms with E-state index in [9.17, 15) is 0 Å². The van der Waals surface area contributed by atoms with Crippen molar-refractivity contribution in [1.29, 1.82) is 0 Å². The molecule has 3 aromatic rings. The maximum absolute atomic E-state index is 6.03. The van der Waals surface area contributed by atoms with Gasteiger partial charge in [-0.05, 0) is 64.5 Å². The Balaban J connectivity index is 2.35. The van der Waals surface area contributed by atoms with Crippen LogP contribution in [-0.4, -0.2) is 9.55 Å². The Kier molecular flexibility index (Phi) is 3.55. The summed E-state index contributed by atoms with van der Waals surface area (Å²) in [6, 6.07) is 11.7. The number of fused-ring (bicyclic) bond motifs is 1. The van der Waals surface area contributed by atoms with Crippen molar-refractivity contribution < 1.29 is 0 Å². The second-order valence-electron chi connectivity index (χ2n) is 4.03. The number of nitrogens with one attached hydrogen (secondary N) is 1. The summed E-state index contributed by atoms with van der Waals surface area (Å²) in [4.78, 5) is 3.20. The molecule has 0 fully saturated rings. The Hall–Kier alpha value is -0.620. The van der Waals surface area contributed by atoms with Crippen molar-refractivity contribution in [2.45, 2.75) is 0 Å². The molecule has 96 valence electrons. The number of H-pyrrole nitrogens is 1. The minimum Gasteiger partial charge on any atom is -0.330 e. The van der Waals surface area contributed by atoms with Crippen LogP contribution in [0.3, 0.4) is 0 Å². The molecule has 0 unspecified atom stereocenters. The van der Waals surface area contributed by atoms with Crippen LogP contribution in [0.5, 0.6) is 0 Å². The van der Waals surface area contributed by atoms with Gasteiger partial charge < -0.3 is 4.98 Å². The molecule has 3 rings (SSSR count). The van der Waals surface area contributed by atoms with Gasteiger partial charge in [0, 0.05) is 14.6 Å². The van der Waals surface area contributed by atoms with Gasteiger partial charge in [0.05, 0.1) is 16.1 Å².